The first-order valence-electron chi connectivity index (χ1n) is 4.21. The molecule has 0 fully saturated rings. The van der Waals surface area contributed by atoms with Gasteiger partial charge >= 0.3 is 0 Å². The molecule has 3 N–H and O–H groups in total. The first-order valence-corrected chi connectivity index (χ1v) is 7.06. The lowest BCUT2D eigenvalue weighted by Crippen LogP contribution is -2.15. The maximum absolute atomic E-state index is 10.9. The molecule has 1 aromatic rings. The Morgan fingerprint density at radius 3 is 2.73 bits per heavy atom. The van der Waals surface area contributed by atoms with Crippen molar-refractivity contribution in [2.75, 3.05) is 29.6 Å². The van der Waals surface area contributed by atoms with Gasteiger partial charge < -0.3 is 11.1 Å². The van der Waals surface area contributed by atoms with Crippen molar-refractivity contribution in [3.05, 3.63) is 16.9 Å². The summed E-state index contributed by atoms with van der Waals surface area (Å²) in [5, 5.41) is 2.95. The van der Waals surface area contributed by atoms with Gasteiger partial charge in [0.2, 0.25) is 0 Å². The van der Waals surface area contributed by atoms with Crippen LogP contribution in [0, 0.1) is 0 Å². The third-order valence-corrected chi connectivity index (χ3v) is 3.25. The van der Waals surface area contributed by atoms with Crippen LogP contribution < -0.4 is 11.1 Å². The van der Waals surface area contributed by atoms with Crippen molar-refractivity contribution in [1.29, 1.82) is 0 Å². The van der Waals surface area contributed by atoms with E-state index in [4.69, 9.17) is 5.73 Å². The van der Waals surface area contributed by atoms with E-state index in [-0.39, 0.29) is 5.75 Å². The van der Waals surface area contributed by atoms with Crippen LogP contribution in [0.25, 0.3) is 0 Å². The molecular formula is C8H12BrN3O2S. The molecule has 1 rings (SSSR count). The van der Waals surface area contributed by atoms with Crippen LogP contribution in [0.4, 0.5) is 11.4 Å². The molecule has 0 radical (unpaired) electrons. The van der Waals surface area contributed by atoms with Gasteiger partial charge in [-0.15, -0.1) is 0 Å². The Kier molecular flexibility index (Phi) is 3.92. The van der Waals surface area contributed by atoms with Crippen LogP contribution in [0.2, 0.25) is 0 Å². The number of rotatable bonds is 4. The smallest absolute Gasteiger partial charge is 0.149 e. The van der Waals surface area contributed by atoms with E-state index in [9.17, 15) is 8.42 Å². The van der Waals surface area contributed by atoms with Gasteiger partial charge in [0.1, 0.15) is 9.84 Å². The van der Waals surface area contributed by atoms with Crippen LogP contribution >= 0.6 is 15.9 Å². The Morgan fingerprint density at radius 1 is 1.53 bits per heavy atom. The molecule has 0 bridgehead atoms. The van der Waals surface area contributed by atoms with Crippen molar-refractivity contribution in [3.63, 3.8) is 0 Å². The standard InChI is InChI=1S/C8H12BrN3O2S/c1-15(13,14)3-2-12-8-6(9)4-11-5-7(8)10/h4-5H,2-3,10H2,1H3,(H,11,12). The molecule has 0 aliphatic heterocycles. The number of sulfone groups is 1. The molecule has 0 unspecified atom stereocenters. The molecule has 1 aromatic heterocycles. The Balaban J connectivity index is 2.66. The number of nitrogens with one attached hydrogen (secondary N) is 1. The average Bonchev–Trinajstić information content (AvgIpc) is 2.08. The summed E-state index contributed by atoms with van der Waals surface area (Å²) in [4.78, 5) is 3.87. The molecule has 84 valence electrons. The van der Waals surface area contributed by atoms with Gasteiger partial charge in [0, 0.05) is 19.0 Å². The highest BCUT2D eigenvalue weighted by Crippen LogP contribution is 2.26. The number of halogens is 1. The molecule has 0 aliphatic rings. The summed E-state index contributed by atoms with van der Waals surface area (Å²) in [5.74, 6) is 0.0706. The van der Waals surface area contributed by atoms with E-state index in [2.05, 4.69) is 26.2 Å². The number of pyridine rings is 1. The number of nitrogens with two attached hydrogens (primary N) is 1. The minimum atomic E-state index is -2.95. The number of anilines is 2. The SMILES string of the molecule is CS(=O)(=O)CCNc1c(N)cncc1Br. The molecule has 0 saturated carbocycles. The second-order valence-electron chi connectivity index (χ2n) is 3.14. The zero-order valence-electron chi connectivity index (χ0n) is 8.20. The topological polar surface area (TPSA) is 85.1 Å². The normalized spacial score (nSPS) is 11.3. The Morgan fingerprint density at radius 2 is 2.20 bits per heavy atom. The van der Waals surface area contributed by atoms with Crippen molar-refractivity contribution in [3.8, 4) is 0 Å². The van der Waals surface area contributed by atoms with Crippen LogP contribution in [-0.4, -0.2) is 32.0 Å². The average molecular weight is 294 g/mol. The molecule has 0 aliphatic carbocycles. The van der Waals surface area contributed by atoms with Crippen molar-refractivity contribution >= 4 is 37.1 Å². The fourth-order valence-electron chi connectivity index (χ4n) is 0.998. The molecule has 15 heavy (non-hydrogen) atoms. The Bertz CT molecular complexity index is 427. The van der Waals surface area contributed by atoms with Crippen LogP contribution in [0.5, 0.6) is 0 Å². The highest BCUT2D eigenvalue weighted by Gasteiger charge is 2.06. The fourth-order valence-corrected chi connectivity index (χ4v) is 1.96. The fraction of sp³-hybridized carbons (Fsp3) is 0.375. The number of nitrogen functional groups attached to an aromatic ring is 1. The number of hydrogen-bond donors (Lipinski definition) is 2. The van der Waals surface area contributed by atoms with Crippen LogP contribution in [0.3, 0.4) is 0 Å². The zero-order valence-corrected chi connectivity index (χ0v) is 10.6. The van der Waals surface area contributed by atoms with Gasteiger partial charge in [-0.1, -0.05) is 0 Å². The van der Waals surface area contributed by atoms with E-state index in [0.29, 0.717) is 17.9 Å². The Hall–Kier alpha value is -0.820. The third-order valence-electron chi connectivity index (χ3n) is 1.70. The minimum absolute atomic E-state index is 0.0706. The van der Waals surface area contributed by atoms with Crippen LogP contribution in [0.15, 0.2) is 16.9 Å². The Labute approximate surface area is 97.1 Å². The summed E-state index contributed by atoms with van der Waals surface area (Å²) in [6.07, 6.45) is 4.30. The monoisotopic (exact) mass is 293 g/mol. The quantitative estimate of drug-likeness (QED) is 0.861. The van der Waals surface area contributed by atoms with Crippen molar-refractivity contribution in [1.82, 2.24) is 4.98 Å². The maximum Gasteiger partial charge on any atom is 0.149 e. The molecule has 5 nitrogen and oxygen atoms in total. The maximum atomic E-state index is 10.9. The molecule has 0 aromatic carbocycles. The van der Waals surface area contributed by atoms with Crippen molar-refractivity contribution in [2.24, 2.45) is 0 Å². The number of nitrogens with zero attached hydrogens (tertiary/aromatic N) is 1. The van der Waals surface area contributed by atoms with Gasteiger partial charge in [-0.2, -0.15) is 0 Å². The summed E-state index contributed by atoms with van der Waals surface area (Å²) >= 11 is 3.27. The van der Waals surface area contributed by atoms with Crippen molar-refractivity contribution in [2.45, 2.75) is 0 Å². The van der Waals surface area contributed by atoms with Crippen molar-refractivity contribution < 1.29 is 8.42 Å². The van der Waals surface area contributed by atoms with E-state index in [0.717, 1.165) is 4.47 Å². The van der Waals surface area contributed by atoms with E-state index in [1.54, 1.807) is 6.20 Å². The molecule has 0 spiro atoms. The summed E-state index contributed by atoms with van der Waals surface area (Å²) in [7, 11) is -2.95. The summed E-state index contributed by atoms with van der Waals surface area (Å²) in [5.41, 5.74) is 6.83. The second kappa shape index (κ2) is 4.80. The van der Waals surface area contributed by atoms with E-state index >= 15 is 0 Å². The van der Waals surface area contributed by atoms with Crippen LogP contribution in [-0.2, 0) is 9.84 Å². The lowest BCUT2D eigenvalue weighted by atomic mass is 10.3. The first-order chi connectivity index (χ1) is 6.90. The third kappa shape index (κ3) is 4.05. The molecule has 1 heterocycles. The molecule has 0 amide bonds. The van der Waals surface area contributed by atoms with E-state index < -0.39 is 9.84 Å². The van der Waals surface area contributed by atoms with Gasteiger partial charge in [-0.3, -0.25) is 4.98 Å². The summed E-state index contributed by atoms with van der Waals surface area (Å²) in [6.45, 7) is 0.325. The van der Waals surface area contributed by atoms with Gasteiger partial charge in [0.05, 0.1) is 27.8 Å². The first kappa shape index (κ1) is 12.3. The number of hydrogen-bond acceptors (Lipinski definition) is 5. The molecule has 0 saturated heterocycles. The predicted octanol–water partition coefficient (Wildman–Crippen LogP) is 0.883. The largest absolute Gasteiger partial charge is 0.396 e. The lowest BCUT2D eigenvalue weighted by molar-refractivity contribution is 0.602. The zero-order chi connectivity index (χ0) is 11.5. The second-order valence-corrected chi connectivity index (χ2v) is 6.26. The molecular weight excluding hydrogens is 282 g/mol. The highest BCUT2D eigenvalue weighted by molar-refractivity contribution is 9.10. The lowest BCUT2D eigenvalue weighted by Gasteiger charge is -2.09. The predicted molar refractivity (Wildman–Crippen MR) is 64.5 cm³/mol. The van der Waals surface area contributed by atoms with Gasteiger partial charge in [0.25, 0.3) is 0 Å². The van der Waals surface area contributed by atoms with Gasteiger partial charge in [0.15, 0.2) is 0 Å². The molecule has 7 heteroatoms. The number of aromatic nitrogens is 1. The van der Waals surface area contributed by atoms with Crippen LogP contribution in [0.1, 0.15) is 0 Å². The summed E-state index contributed by atoms with van der Waals surface area (Å²) in [6, 6.07) is 0. The molecule has 0 atom stereocenters. The summed E-state index contributed by atoms with van der Waals surface area (Å²) < 4.78 is 22.5. The van der Waals surface area contributed by atoms with Gasteiger partial charge in [-0.05, 0) is 15.9 Å². The van der Waals surface area contributed by atoms with Gasteiger partial charge in [-0.25, -0.2) is 8.42 Å². The van der Waals surface area contributed by atoms with E-state index in [1.165, 1.54) is 12.5 Å². The highest BCUT2D eigenvalue weighted by atomic mass is 79.9. The minimum Gasteiger partial charge on any atom is -0.396 e. The van der Waals surface area contributed by atoms with E-state index in [1.807, 2.05) is 0 Å².